The highest BCUT2D eigenvalue weighted by Crippen LogP contribution is 2.27. The van der Waals surface area contributed by atoms with E-state index in [9.17, 15) is 0 Å². The Labute approximate surface area is 107 Å². The molecule has 1 aromatic carbocycles. The van der Waals surface area contributed by atoms with Gasteiger partial charge in [0.25, 0.3) is 0 Å². The van der Waals surface area contributed by atoms with Crippen molar-refractivity contribution in [2.45, 2.75) is 39.7 Å². The molecule has 0 atom stereocenters. The maximum atomic E-state index is 5.94. The lowest BCUT2D eigenvalue weighted by molar-refractivity contribution is 0.305. The number of tetrazole rings is 1. The Kier molecular flexibility index (Phi) is 3.07. The van der Waals surface area contributed by atoms with E-state index < -0.39 is 0 Å². The molecular formula is C13H19N5. The number of rotatable bonds is 3. The molecule has 18 heavy (non-hydrogen) atoms. The molecule has 0 unspecified atom stereocenters. The predicted molar refractivity (Wildman–Crippen MR) is 72.0 cm³/mol. The van der Waals surface area contributed by atoms with Crippen LogP contribution in [0.25, 0.3) is 11.4 Å². The van der Waals surface area contributed by atoms with Crippen molar-refractivity contribution in [2.75, 3.05) is 5.73 Å². The molecule has 0 saturated heterocycles. The minimum Gasteiger partial charge on any atom is -0.398 e. The highest BCUT2D eigenvalue weighted by Gasteiger charge is 2.24. The van der Waals surface area contributed by atoms with Crippen LogP contribution in [0.15, 0.2) is 18.2 Å². The number of nitrogens with two attached hydrogens (primary N) is 1. The molecule has 0 bridgehead atoms. The third-order valence-corrected chi connectivity index (χ3v) is 3.45. The van der Waals surface area contributed by atoms with Crippen molar-refractivity contribution in [2.24, 2.45) is 0 Å². The van der Waals surface area contributed by atoms with E-state index in [-0.39, 0.29) is 5.54 Å². The summed E-state index contributed by atoms with van der Waals surface area (Å²) in [4.78, 5) is 0. The highest BCUT2D eigenvalue weighted by atomic mass is 15.6. The van der Waals surface area contributed by atoms with Gasteiger partial charge in [0.1, 0.15) is 0 Å². The van der Waals surface area contributed by atoms with Crippen LogP contribution in [0.5, 0.6) is 0 Å². The molecule has 1 heterocycles. The Hall–Kier alpha value is -1.91. The Balaban J connectivity index is 2.52. The van der Waals surface area contributed by atoms with Crippen LogP contribution < -0.4 is 5.73 Å². The van der Waals surface area contributed by atoms with Crippen LogP contribution in [0.3, 0.4) is 0 Å². The summed E-state index contributed by atoms with van der Waals surface area (Å²) in [5.41, 5.74) is 8.60. The lowest BCUT2D eigenvalue weighted by atomic mass is 10.0. The average Bonchev–Trinajstić information content (AvgIpc) is 2.82. The van der Waals surface area contributed by atoms with E-state index >= 15 is 0 Å². The highest BCUT2D eigenvalue weighted by molar-refractivity contribution is 5.63. The summed E-state index contributed by atoms with van der Waals surface area (Å²) in [5, 5.41) is 12.0. The van der Waals surface area contributed by atoms with Gasteiger partial charge in [-0.2, -0.15) is 0 Å². The number of aromatic nitrogens is 4. The lowest BCUT2D eigenvalue weighted by Crippen LogP contribution is -2.27. The Morgan fingerprint density at radius 2 is 2.06 bits per heavy atom. The molecule has 0 fully saturated rings. The summed E-state index contributed by atoms with van der Waals surface area (Å²) >= 11 is 0. The van der Waals surface area contributed by atoms with Crippen molar-refractivity contribution in [3.05, 3.63) is 23.8 Å². The third-order valence-electron chi connectivity index (χ3n) is 3.45. The van der Waals surface area contributed by atoms with Crippen LogP contribution in [-0.4, -0.2) is 20.2 Å². The van der Waals surface area contributed by atoms with Gasteiger partial charge in [0, 0.05) is 11.3 Å². The van der Waals surface area contributed by atoms with Gasteiger partial charge in [0.15, 0.2) is 5.82 Å². The van der Waals surface area contributed by atoms with Gasteiger partial charge in [-0.25, -0.2) is 4.68 Å². The Morgan fingerprint density at radius 1 is 1.33 bits per heavy atom. The maximum Gasteiger partial charge on any atom is 0.182 e. The van der Waals surface area contributed by atoms with Gasteiger partial charge in [-0.1, -0.05) is 19.1 Å². The second-order valence-electron chi connectivity index (χ2n) is 5.15. The Morgan fingerprint density at radius 3 is 2.67 bits per heavy atom. The molecule has 0 radical (unpaired) electrons. The number of benzene rings is 1. The van der Waals surface area contributed by atoms with E-state index in [4.69, 9.17) is 5.73 Å². The molecule has 2 N–H and O–H groups in total. The summed E-state index contributed by atoms with van der Waals surface area (Å²) in [7, 11) is 0. The van der Waals surface area contributed by atoms with Gasteiger partial charge in [-0.3, -0.25) is 0 Å². The van der Waals surface area contributed by atoms with E-state index in [1.54, 1.807) is 0 Å². The van der Waals surface area contributed by atoms with Crippen molar-refractivity contribution in [1.29, 1.82) is 0 Å². The molecule has 0 aliphatic rings. The Bertz CT molecular complexity index is 556. The summed E-state index contributed by atoms with van der Waals surface area (Å²) in [6, 6.07) is 5.91. The van der Waals surface area contributed by atoms with E-state index in [1.807, 2.05) is 29.8 Å². The zero-order chi connectivity index (χ0) is 13.3. The fraction of sp³-hybridized carbons (Fsp3) is 0.462. The molecule has 0 spiro atoms. The third kappa shape index (κ3) is 2.08. The first kappa shape index (κ1) is 12.5. The summed E-state index contributed by atoms with van der Waals surface area (Å²) in [6.07, 6.45) is 0.951. The minimum atomic E-state index is -0.113. The first-order chi connectivity index (χ1) is 8.45. The fourth-order valence-corrected chi connectivity index (χ4v) is 1.70. The number of anilines is 1. The van der Waals surface area contributed by atoms with Gasteiger partial charge < -0.3 is 5.73 Å². The quantitative estimate of drug-likeness (QED) is 0.843. The molecule has 2 rings (SSSR count). The molecule has 0 aliphatic carbocycles. The SMILES string of the molecule is CCC(C)(C)n1nnnc1-c1ccc(C)c(N)c1. The van der Waals surface area contributed by atoms with Crippen molar-refractivity contribution in [3.63, 3.8) is 0 Å². The van der Waals surface area contributed by atoms with Gasteiger partial charge >= 0.3 is 0 Å². The number of nitrogens with zero attached hydrogens (tertiary/aromatic N) is 4. The number of nitrogen functional groups attached to an aromatic ring is 1. The van der Waals surface area contributed by atoms with Gasteiger partial charge in [-0.05, 0) is 49.2 Å². The van der Waals surface area contributed by atoms with Gasteiger partial charge in [0.2, 0.25) is 0 Å². The molecule has 5 heteroatoms. The predicted octanol–water partition coefficient (Wildman–Crippen LogP) is 2.38. The molecule has 0 amide bonds. The monoisotopic (exact) mass is 245 g/mol. The standard InChI is InChI=1S/C13H19N5/c1-5-13(3,4)18-12(15-16-17-18)10-7-6-9(2)11(14)8-10/h6-8H,5,14H2,1-4H3. The van der Waals surface area contributed by atoms with Gasteiger partial charge in [-0.15, -0.1) is 5.10 Å². The second-order valence-corrected chi connectivity index (χ2v) is 5.15. The molecule has 96 valence electrons. The van der Waals surface area contributed by atoms with E-state index in [0.29, 0.717) is 0 Å². The normalized spacial score (nSPS) is 11.8. The minimum absolute atomic E-state index is 0.113. The largest absolute Gasteiger partial charge is 0.398 e. The number of hydrogen-bond acceptors (Lipinski definition) is 4. The van der Waals surface area contributed by atoms with Gasteiger partial charge in [0.05, 0.1) is 5.54 Å². The molecular weight excluding hydrogens is 226 g/mol. The lowest BCUT2D eigenvalue weighted by Gasteiger charge is -2.23. The number of hydrogen-bond donors (Lipinski definition) is 1. The van der Waals surface area contributed by atoms with Crippen LogP contribution in [0.1, 0.15) is 32.8 Å². The zero-order valence-electron chi connectivity index (χ0n) is 11.3. The first-order valence-electron chi connectivity index (χ1n) is 6.11. The van der Waals surface area contributed by atoms with E-state index in [1.165, 1.54) is 0 Å². The average molecular weight is 245 g/mol. The molecule has 2 aromatic rings. The van der Waals surface area contributed by atoms with Crippen molar-refractivity contribution >= 4 is 5.69 Å². The smallest absolute Gasteiger partial charge is 0.182 e. The summed E-state index contributed by atoms with van der Waals surface area (Å²) in [5.74, 6) is 0.758. The zero-order valence-corrected chi connectivity index (χ0v) is 11.3. The molecule has 5 nitrogen and oxygen atoms in total. The molecule has 0 saturated carbocycles. The van der Waals surface area contributed by atoms with Crippen LogP contribution in [0, 0.1) is 6.92 Å². The van der Waals surface area contributed by atoms with Crippen LogP contribution in [0.4, 0.5) is 5.69 Å². The number of aryl methyl sites for hydroxylation is 1. The van der Waals surface area contributed by atoms with Crippen molar-refractivity contribution < 1.29 is 0 Å². The second kappa shape index (κ2) is 4.40. The molecule has 1 aromatic heterocycles. The summed E-state index contributed by atoms with van der Waals surface area (Å²) < 4.78 is 1.86. The summed E-state index contributed by atoms with van der Waals surface area (Å²) in [6.45, 7) is 8.34. The fourth-order valence-electron chi connectivity index (χ4n) is 1.70. The van der Waals surface area contributed by atoms with E-state index in [2.05, 4.69) is 36.3 Å². The van der Waals surface area contributed by atoms with Crippen LogP contribution in [-0.2, 0) is 5.54 Å². The van der Waals surface area contributed by atoms with Crippen LogP contribution in [0.2, 0.25) is 0 Å². The topological polar surface area (TPSA) is 69.6 Å². The van der Waals surface area contributed by atoms with Crippen LogP contribution >= 0.6 is 0 Å². The van der Waals surface area contributed by atoms with Crippen molar-refractivity contribution in [1.82, 2.24) is 20.2 Å². The first-order valence-corrected chi connectivity index (χ1v) is 6.11. The van der Waals surface area contributed by atoms with Crippen molar-refractivity contribution in [3.8, 4) is 11.4 Å². The molecule has 0 aliphatic heterocycles. The maximum absolute atomic E-state index is 5.94. The van der Waals surface area contributed by atoms with E-state index in [0.717, 1.165) is 29.1 Å².